The van der Waals surface area contributed by atoms with E-state index in [1.54, 1.807) is 66.7 Å². The minimum Gasteiger partial charge on any atom is -0.508 e. The normalized spacial score (nSPS) is 26.7. The van der Waals surface area contributed by atoms with Crippen molar-refractivity contribution in [2.24, 2.45) is 23.7 Å². The van der Waals surface area contributed by atoms with Gasteiger partial charge in [-0.2, -0.15) is 18.2 Å². The summed E-state index contributed by atoms with van der Waals surface area (Å²) in [5.74, 6) is -7.82. The van der Waals surface area contributed by atoms with Gasteiger partial charge in [-0.15, -0.1) is 0 Å². The van der Waals surface area contributed by atoms with Gasteiger partial charge in [0, 0.05) is 23.6 Å². The van der Waals surface area contributed by atoms with Gasteiger partial charge in [-0.05, 0) is 60.7 Å². The molecule has 1 saturated carbocycles. The van der Waals surface area contributed by atoms with Crippen molar-refractivity contribution in [3.8, 4) is 5.75 Å². The summed E-state index contributed by atoms with van der Waals surface area (Å²) in [6.07, 6.45) is -2.98. The van der Waals surface area contributed by atoms with Gasteiger partial charge in [-0.1, -0.05) is 89.4 Å². The van der Waals surface area contributed by atoms with Crippen LogP contribution in [-0.2, 0) is 30.8 Å². The number of fused-ring (bicyclic) bond motifs is 4. The van der Waals surface area contributed by atoms with Crippen LogP contribution in [0.3, 0.4) is 0 Å². The summed E-state index contributed by atoms with van der Waals surface area (Å²) in [5, 5.41) is 13.2. The lowest BCUT2D eigenvalue weighted by Gasteiger charge is -2.50. The van der Waals surface area contributed by atoms with Gasteiger partial charge in [-0.25, -0.2) is 9.88 Å². The predicted molar refractivity (Wildman–Crippen MR) is 189 cm³/mol. The summed E-state index contributed by atoms with van der Waals surface area (Å²) in [5.41, 5.74) is -1.10. The molecule has 3 aromatic carbocycles. The predicted octanol–water partition coefficient (Wildman–Crippen LogP) is 7.33. The number of allylic oxidation sites excluding steroid dienone is 2. The minimum absolute atomic E-state index is 0.0211. The number of hydrazine groups is 1. The van der Waals surface area contributed by atoms with Crippen molar-refractivity contribution in [2.75, 3.05) is 17.0 Å². The van der Waals surface area contributed by atoms with Crippen LogP contribution in [0.4, 0.5) is 24.7 Å². The Hall–Kier alpha value is -5.20. The van der Waals surface area contributed by atoms with Crippen LogP contribution < -0.4 is 9.91 Å². The number of aromatic hydroxyl groups is 1. The molecule has 8 rings (SSSR count). The van der Waals surface area contributed by atoms with E-state index in [-0.39, 0.29) is 29.3 Å². The molecule has 4 amide bonds. The van der Waals surface area contributed by atoms with Crippen LogP contribution in [0.25, 0.3) is 0 Å². The summed E-state index contributed by atoms with van der Waals surface area (Å²) in [6, 6.07) is 23.4. The van der Waals surface area contributed by atoms with Crippen molar-refractivity contribution in [2.45, 2.75) is 30.4 Å². The number of amides is 4. The SMILES string of the molecule is CN(c1nc(C(F)(F)F)ccc1Cl)N1C(=O)C2CC=C3C(CC4C(=O)N(c5cccc(Cl)c5)C(=O)C4(c4ccccc4)C3c3ccccc3O)C2C1=O. The second-order valence-electron chi connectivity index (χ2n) is 13.7. The Bertz CT molecular complexity index is 2250. The van der Waals surface area contributed by atoms with E-state index in [9.17, 15) is 32.7 Å². The largest absolute Gasteiger partial charge is 0.508 e. The third-order valence-corrected chi connectivity index (χ3v) is 11.6. The summed E-state index contributed by atoms with van der Waals surface area (Å²) < 4.78 is 40.9. The second-order valence-corrected chi connectivity index (χ2v) is 14.5. The molecule has 9 nitrogen and oxygen atoms in total. The zero-order valence-corrected chi connectivity index (χ0v) is 29.3. The zero-order valence-electron chi connectivity index (χ0n) is 27.8. The molecule has 6 unspecified atom stereocenters. The maximum atomic E-state index is 15.2. The maximum absolute atomic E-state index is 15.2. The van der Waals surface area contributed by atoms with Crippen molar-refractivity contribution in [1.29, 1.82) is 0 Å². The van der Waals surface area contributed by atoms with Crippen LogP contribution in [0.2, 0.25) is 10.0 Å². The van der Waals surface area contributed by atoms with Crippen LogP contribution in [-0.4, -0.2) is 45.8 Å². The quantitative estimate of drug-likeness (QED) is 0.168. The molecular weight excluding hydrogens is 732 g/mol. The lowest BCUT2D eigenvalue weighted by Crippen LogP contribution is -2.53. The second kappa shape index (κ2) is 12.4. The van der Waals surface area contributed by atoms with E-state index in [0.29, 0.717) is 27.8 Å². The van der Waals surface area contributed by atoms with E-state index >= 15 is 4.79 Å². The van der Waals surface area contributed by atoms with Crippen molar-refractivity contribution < 1.29 is 37.5 Å². The van der Waals surface area contributed by atoms with Crippen LogP contribution in [0.5, 0.6) is 5.75 Å². The maximum Gasteiger partial charge on any atom is 0.433 e. The fourth-order valence-electron chi connectivity index (χ4n) is 9.01. The molecule has 0 spiro atoms. The molecule has 53 heavy (non-hydrogen) atoms. The number of phenols is 1. The van der Waals surface area contributed by atoms with Gasteiger partial charge in [0.05, 0.1) is 33.9 Å². The molecule has 0 radical (unpaired) electrons. The zero-order chi connectivity index (χ0) is 37.6. The fourth-order valence-corrected chi connectivity index (χ4v) is 9.42. The summed E-state index contributed by atoms with van der Waals surface area (Å²) in [4.78, 5) is 63.5. The summed E-state index contributed by atoms with van der Waals surface area (Å²) in [7, 11) is 1.24. The van der Waals surface area contributed by atoms with Crippen LogP contribution in [0, 0.1) is 23.7 Å². The lowest BCUT2D eigenvalue weighted by atomic mass is 9.49. The summed E-state index contributed by atoms with van der Waals surface area (Å²) >= 11 is 12.6. The third kappa shape index (κ3) is 5.09. The third-order valence-electron chi connectivity index (χ3n) is 11.1. The molecule has 1 N–H and O–H groups in total. The average Bonchev–Trinajstić information content (AvgIpc) is 3.52. The lowest BCUT2D eigenvalue weighted by molar-refractivity contribution is -0.141. The van der Waals surface area contributed by atoms with E-state index < -0.39 is 76.3 Å². The average molecular weight is 762 g/mol. The number of carbonyl (C=O) groups is 4. The first-order valence-electron chi connectivity index (χ1n) is 16.8. The molecule has 3 heterocycles. The molecule has 2 saturated heterocycles. The van der Waals surface area contributed by atoms with Crippen molar-refractivity contribution in [3.63, 3.8) is 0 Å². The number of nitrogens with zero attached hydrogens (tertiary/aromatic N) is 4. The van der Waals surface area contributed by atoms with E-state index in [4.69, 9.17) is 23.2 Å². The number of alkyl halides is 3. The van der Waals surface area contributed by atoms with Crippen molar-refractivity contribution in [3.05, 3.63) is 130 Å². The highest BCUT2D eigenvalue weighted by Crippen LogP contribution is 2.65. The standard InChI is InChI=1S/C39H29Cl2F3N4O5/c1-46(33-28(41)16-17-30(45-33)39(42,43)44)48-34(50)25-15-14-23-26(31(25)36(48)52)19-27-35(51)47(22-11-7-10-21(40)18-22)37(53)38(27,20-8-3-2-4-9-20)32(23)24-12-5-6-13-29(24)49/h2-14,16-18,25-27,31-32,49H,15,19H2,1H3. The molecule has 3 fully saturated rings. The van der Waals surface area contributed by atoms with E-state index in [1.807, 2.05) is 6.08 Å². The molecule has 270 valence electrons. The first-order valence-corrected chi connectivity index (χ1v) is 17.5. The molecule has 6 atom stereocenters. The number of hydrogen-bond donors (Lipinski definition) is 1. The van der Waals surface area contributed by atoms with Gasteiger partial charge in [-0.3, -0.25) is 24.2 Å². The number of anilines is 2. The molecule has 0 bridgehead atoms. The van der Waals surface area contributed by atoms with Gasteiger partial charge in [0.1, 0.15) is 11.4 Å². The number of aromatic nitrogens is 1. The van der Waals surface area contributed by atoms with E-state index in [0.717, 1.165) is 21.0 Å². The Kier molecular flexibility index (Phi) is 8.19. The van der Waals surface area contributed by atoms with Crippen molar-refractivity contribution >= 4 is 58.3 Å². The number of carbonyl (C=O) groups excluding carboxylic acids is 4. The van der Waals surface area contributed by atoms with Gasteiger partial charge < -0.3 is 5.11 Å². The first kappa shape index (κ1) is 34.9. The van der Waals surface area contributed by atoms with Gasteiger partial charge in [0.15, 0.2) is 5.82 Å². The molecule has 2 aliphatic carbocycles. The van der Waals surface area contributed by atoms with Gasteiger partial charge in [0.25, 0.3) is 11.8 Å². The monoisotopic (exact) mass is 760 g/mol. The number of pyridine rings is 1. The smallest absolute Gasteiger partial charge is 0.433 e. The number of rotatable bonds is 5. The topological polar surface area (TPSA) is 111 Å². The first-order chi connectivity index (χ1) is 25.3. The fraction of sp³-hybridized carbons (Fsp3) is 0.256. The van der Waals surface area contributed by atoms with Crippen LogP contribution >= 0.6 is 23.2 Å². The number of benzene rings is 3. The molecule has 4 aliphatic rings. The number of hydrogen-bond acceptors (Lipinski definition) is 7. The van der Waals surface area contributed by atoms with Crippen LogP contribution in [0.15, 0.2) is 103 Å². The Balaban J connectivity index is 1.29. The molecule has 1 aromatic heterocycles. The Morgan fingerprint density at radius 1 is 0.868 bits per heavy atom. The number of imide groups is 2. The number of phenolic OH excluding ortho intramolecular Hbond substituents is 1. The molecule has 14 heteroatoms. The molecule has 2 aliphatic heterocycles. The highest BCUT2D eigenvalue weighted by atomic mass is 35.5. The van der Waals surface area contributed by atoms with E-state index in [2.05, 4.69) is 4.98 Å². The molecule has 4 aromatic rings. The number of halogens is 5. The minimum atomic E-state index is -4.82. The van der Waals surface area contributed by atoms with Crippen LogP contribution in [0.1, 0.15) is 35.6 Å². The number of para-hydroxylation sites is 1. The highest BCUT2D eigenvalue weighted by molar-refractivity contribution is 6.33. The highest BCUT2D eigenvalue weighted by Gasteiger charge is 2.70. The Labute approximate surface area is 311 Å². The van der Waals surface area contributed by atoms with Gasteiger partial charge >= 0.3 is 6.18 Å². The van der Waals surface area contributed by atoms with E-state index in [1.165, 1.54) is 19.2 Å². The summed E-state index contributed by atoms with van der Waals surface area (Å²) in [6.45, 7) is 0. The van der Waals surface area contributed by atoms with Crippen molar-refractivity contribution in [1.82, 2.24) is 9.99 Å². The Morgan fingerprint density at radius 2 is 1.58 bits per heavy atom. The molecular formula is C39H29Cl2F3N4O5. The Morgan fingerprint density at radius 3 is 2.28 bits per heavy atom. The van der Waals surface area contributed by atoms with Gasteiger partial charge in [0.2, 0.25) is 11.8 Å².